The van der Waals surface area contributed by atoms with Gasteiger partial charge >= 0.3 is 0 Å². The van der Waals surface area contributed by atoms with Gasteiger partial charge in [-0.25, -0.2) is 0 Å². The quantitative estimate of drug-likeness (QED) is 0.799. The molecule has 24 heavy (non-hydrogen) atoms. The molecule has 0 spiro atoms. The van der Waals surface area contributed by atoms with Crippen LogP contribution < -0.4 is 4.74 Å². The van der Waals surface area contributed by atoms with E-state index in [0.29, 0.717) is 32.0 Å². The van der Waals surface area contributed by atoms with Crippen LogP contribution in [0.3, 0.4) is 0 Å². The van der Waals surface area contributed by atoms with Crippen molar-refractivity contribution in [2.24, 2.45) is 0 Å². The van der Waals surface area contributed by atoms with Crippen molar-refractivity contribution in [3.63, 3.8) is 0 Å². The van der Waals surface area contributed by atoms with Crippen molar-refractivity contribution in [3.05, 3.63) is 47.5 Å². The van der Waals surface area contributed by atoms with Crippen molar-refractivity contribution in [2.75, 3.05) is 26.3 Å². The third kappa shape index (κ3) is 3.53. The Balaban J connectivity index is 1.95. The van der Waals surface area contributed by atoms with Crippen molar-refractivity contribution < 1.29 is 20.1 Å². The number of phenolic OH excluding ortho intramolecular Hbond substituents is 1. The Morgan fingerprint density at radius 2 is 2.04 bits per heavy atom. The number of aromatic hydroxyl groups is 1. The van der Waals surface area contributed by atoms with Gasteiger partial charge in [0, 0.05) is 25.2 Å². The molecule has 0 fully saturated rings. The first-order valence-electron chi connectivity index (χ1n) is 8.14. The lowest BCUT2D eigenvalue weighted by Gasteiger charge is -2.21. The number of β-amino-alcohol motifs (C(OH)–C–C–N with tert-alkyl or cyclic N) is 1. The zero-order valence-corrected chi connectivity index (χ0v) is 13.8. The molecule has 1 aliphatic rings. The summed E-state index contributed by atoms with van der Waals surface area (Å²) in [5, 5.41) is 29.1. The number of rotatable bonds is 4. The molecular formula is C19H23NO4. The van der Waals surface area contributed by atoms with Gasteiger partial charge in [0.1, 0.15) is 6.61 Å². The minimum atomic E-state index is -0.778. The van der Waals surface area contributed by atoms with E-state index >= 15 is 0 Å². The van der Waals surface area contributed by atoms with Crippen LogP contribution in [0.25, 0.3) is 11.1 Å². The monoisotopic (exact) mass is 329 g/mol. The molecule has 5 heteroatoms. The van der Waals surface area contributed by atoms with Crippen molar-refractivity contribution in [1.82, 2.24) is 4.90 Å². The summed E-state index contributed by atoms with van der Waals surface area (Å²) in [5.74, 6) is 0.642. The molecule has 1 heterocycles. The second kappa shape index (κ2) is 7.21. The average Bonchev–Trinajstić information content (AvgIpc) is 2.77. The maximum absolute atomic E-state index is 10.4. The molecule has 1 aliphatic heterocycles. The number of aliphatic hydroxyl groups excluding tert-OH is 2. The number of hydrogen-bond donors (Lipinski definition) is 3. The van der Waals surface area contributed by atoms with Crippen LogP contribution in [0, 0.1) is 6.92 Å². The Morgan fingerprint density at radius 3 is 2.79 bits per heavy atom. The van der Waals surface area contributed by atoms with Gasteiger partial charge in [0.2, 0.25) is 0 Å². The minimum Gasteiger partial charge on any atom is -0.504 e. The molecule has 3 rings (SSSR count). The molecule has 0 radical (unpaired) electrons. The Kier molecular flexibility index (Phi) is 5.04. The molecule has 3 N–H and O–H groups in total. The van der Waals surface area contributed by atoms with Gasteiger partial charge in [-0.1, -0.05) is 24.3 Å². The standard InChI is InChI=1S/C19H23NO4/c1-13-4-2-3-5-17(13)14-8-15-10-20(11-16(22)12-21)6-7-24-19(15)18(23)9-14/h2-5,8-9,16,21-23H,6-7,10-12H2,1H3/t16-/m1/s1. The van der Waals surface area contributed by atoms with Crippen LogP contribution in [-0.4, -0.2) is 52.6 Å². The molecule has 0 unspecified atom stereocenters. The summed E-state index contributed by atoms with van der Waals surface area (Å²) in [7, 11) is 0. The molecule has 0 bridgehead atoms. The summed E-state index contributed by atoms with van der Waals surface area (Å²) in [6.07, 6.45) is -0.778. The van der Waals surface area contributed by atoms with Gasteiger partial charge < -0.3 is 20.1 Å². The largest absolute Gasteiger partial charge is 0.504 e. The second-order valence-corrected chi connectivity index (χ2v) is 6.22. The van der Waals surface area contributed by atoms with Gasteiger partial charge in [-0.3, -0.25) is 4.90 Å². The number of ether oxygens (including phenoxy) is 1. The van der Waals surface area contributed by atoms with Crippen LogP contribution in [0.1, 0.15) is 11.1 Å². The number of nitrogens with zero attached hydrogens (tertiary/aromatic N) is 1. The van der Waals surface area contributed by atoms with Gasteiger partial charge in [0.25, 0.3) is 0 Å². The number of hydrogen-bond acceptors (Lipinski definition) is 5. The highest BCUT2D eigenvalue weighted by Gasteiger charge is 2.21. The van der Waals surface area contributed by atoms with Crippen molar-refractivity contribution in [1.29, 1.82) is 0 Å². The predicted molar refractivity (Wildman–Crippen MR) is 92.1 cm³/mol. The number of fused-ring (bicyclic) bond motifs is 1. The summed E-state index contributed by atoms with van der Waals surface area (Å²) in [5.41, 5.74) is 4.04. The molecule has 0 saturated carbocycles. The van der Waals surface area contributed by atoms with Crippen LogP contribution in [0.4, 0.5) is 0 Å². The van der Waals surface area contributed by atoms with Gasteiger partial charge in [0.05, 0.1) is 12.7 Å². The van der Waals surface area contributed by atoms with E-state index in [4.69, 9.17) is 9.84 Å². The Bertz CT molecular complexity index is 717. The topological polar surface area (TPSA) is 73.2 Å². The Labute approximate surface area is 141 Å². The van der Waals surface area contributed by atoms with E-state index in [0.717, 1.165) is 22.3 Å². The van der Waals surface area contributed by atoms with Crippen LogP contribution in [0.5, 0.6) is 11.5 Å². The fourth-order valence-corrected chi connectivity index (χ4v) is 3.12. The Hall–Kier alpha value is -2.08. The number of benzene rings is 2. The predicted octanol–water partition coefficient (Wildman–Crippen LogP) is 1.92. The summed E-state index contributed by atoms with van der Waals surface area (Å²) in [6.45, 7) is 3.76. The first-order valence-corrected chi connectivity index (χ1v) is 8.14. The van der Waals surface area contributed by atoms with Crippen LogP contribution >= 0.6 is 0 Å². The summed E-state index contributed by atoms with van der Waals surface area (Å²) >= 11 is 0. The molecule has 0 amide bonds. The second-order valence-electron chi connectivity index (χ2n) is 6.22. The molecule has 0 aliphatic carbocycles. The van der Waals surface area contributed by atoms with Crippen molar-refractivity contribution in [2.45, 2.75) is 19.6 Å². The van der Waals surface area contributed by atoms with Crippen LogP contribution in [0.15, 0.2) is 36.4 Å². The van der Waals surface area contributed by atoms with E-state index in [1.54, 1.807) is 6.07 Å². The summed E-state index contributed by atoms with van der Waals surface area (Å²) in [4.78, 5) is 2.02. The van der Waals surface area contributed by atoms with Gasteiger partial charge in [-0.05, 0) is 35.7 Å². The van der Waals surface area contributed by atoms with E-state index in [2.05, 4.69) is 0 Å². The molecule has 1 atom stereocenters. The molecular weight excluding hydrogens is 306 g/mol. The fraction of sp³-hybridized carbons (Fsp3) is 0.368. The van der Waals surface area contributed by atoms with Gasteiger partial charge in [-0.15, -0.1) is 0 Å². The first kappa shape index (κ1) is 16.8. The molecule has 2 aromatic rings. The van der Waals surface area contributed by atoms with Crippen molar-refractivity contribution in [3.8, 4) is 22.6 Å². The maximum atomic E-state index is 10.4. The highest BCUT2D eigenvalue weighted by Crippen LogP contribution is 2.38. The third-order valence-electron chi connectivity index (χ3n) is 4.33. The summed E-state index contributed by atoms with van der Waals surface area (Å²) in [6, 6.07) is 11.8. The zero-order valence-electron chi connectivity index (χ0n) is 13.8. The molecule has 2 aromatic carbocycles. The van der Waals surface area contributed by atoms with Crippen molar-refractivity contribution >= 4 is 0 Å². The highest BCUT2D eigenvalue weighted by atomic mass is 16.5. The molecule has 128 valence electrons. The van der Waals surface area contributed by atoms with Gasteiger partial charge in [-0.2, -0.15) is 0 Å². The molecule has 0 saturated heterocycles. The highest BCUT2D eigenvalue weighted by molar-refractivity contribution is 5.71. The van der Waals surface area contributed by atoms with E-state index in [9.17, 15) is 10.2 Å². The normalized spacial score (nSPS) is 16.1. The van der Waals surface area contributed by atoms with Gasteiger partial charge in [0.15, 0.2) is 11.5 Å². The number of phenols is 1. The fourth-order valence-electron chi connectivity index (χ4n) is 3.12. The Morgan fingerprint density at radius 1 is 1.25 bits per heavy atom. The molecule has 5 nitrogen and oxygen atoms in total. The SMILES string of the molecule is Cc1ccccc1-c1cc(O)c2c(c1)CN(C[C@@H](O)CO)CCO2. The number of aliphatic hydroxyl groups is 2. The summed E-state index contributed by atoms with van der Waals surface area (Å²) < 4.78 is 5.71. The smallest absolute Gasteiger partial charge is 0.165 e. The van der Waals surface area contributed by atoms with Crippen LogP contribution in [0.2, 0.25) is 0 Å². The van der Waals surface area contributed by atoms with E-state index in [1.165, 1.54) is 0 Å². The first-order chi connectivity index (χ1) is 11.6. The zero-order chi connectivity index (χ0) is 17.1. The van der Waals surface area contributed by atoms with E-state index in [-0.39, 0.29) is 12.4 Å². The lowest BCUT2D eigenvalue weighted by molar-refractivity contribution is 0.0551. The molecule has 0 aromatic heterocycles. The van der Waals surface area contributed by atoms with E-state index < -0.39 is 6.10 Å². The lowest BCUT2D eigenvalue weighted by Crippen LogP contribution is -2.35. The lowest BCUT2D eigenvalue weighted by atomic mass is 9.98. The average molecular weight is 329 g/mol. The third-order valence-corrected chi connectivity index (χ3v) is 4.33. The van der Waals surface area contributed by atoms with Crippen LogP contribution in [-0.2, 0) is 6.54 Å². The minimum absolute atomic E-state index is 0.135. The van der Waals surface area contributed by atoms with E-state index in [1.807, 2.05) is 42.2 Å². The maximum Gasteiger partial charge on any atom is 0.165 e. The number of aryl methyl sites for hydroxylation is 1.